The molecule has 0 saturated heterocycles. The van der Waals surface area contributed by atoms with Crippen LogP contribution in [0.25, 0.3) is 17.0 Å². The molecule has 0 aliphatic carbocycles. The first-order valence-electron chi connectivity index (χ1n) is 7.91. The molecular formula is C20H19N2S+. The Morgan fingerprint density at radius 2 is 1.83 bits per heavy atom. The Hall–Kier alpha value is -2.26. The summed E-state index contributed by atoms with van der Waals surface area (Å²) in [4.78, 5) is 3.60. The number of rotatable bonds is 2. The summed E-state index contributed by atoms with van der Waals surface area (Å²) in [7, 11) is 2.14. The van der Waals surface area contributed by atoms with Gasteiger partial charge in [0.25, 0.3) is 0 Å². The van der Waals surface area contributed by atoms with Gasteiger partial charge in [-0.15, -0.1) is 0 Å². The van der Waals surface area contributed by atoms with Gasteiger partial charge in [-0.25, -0.2) is 0 Å². The predicted octanol–water partition coefficient (Wildman–Crippen LogP) is 4.69. The molecule has 0 N–H and O–H groups in total. The molecule has 3 heteroatoms. The Morgan fingerprint density at radius 3 is 2.65 bits per heavy atom. The number of pyridine rings is 1. The smallest absolute Gasteiger partial charge is 0.213 e. The van der Waals surface area contributed by atoms with Gasteiger partial charge >= 0.3 is 0 Å². The number of anilines is 1. The fourth-order valence-electron chi connectivity index (χ4n) is 3.09. The Kier molecular flexibility index (Phi) is 3.58. The van der Waals surface area contributed by atoms with Gasteiger partial charge in [-0.3, -0.25) is 0 Å². The van der Waals surface area contributed by atoms with Crippen molar-refractivity contribution in [1.29, 1.82) is 0 Å². The second-order valence-corrected chi connectivity index (χ2v) is 6.75. The lowest BCUT2D eigenvalue weighted by atomic mass is 10.1. The summed E-state index contributed by atoms with van der Waals surface area (Å²) in [6.45, 7) is 3.17. The highest BCUT2D eigenvalue weighted by atomic mass is 32.2. The van der Waals surface area contributed by atoms with E-state index >= 15 is 0 Å². The van der Waals surface area contributed by atoms with Gasteiger partial charge in [0.05, 0.1) is 16.1 Å². The summed E-state index contributed by atoms with van der Waals surface area (Å²) in [5.74, 6) is 0. The molecule has 114 valence electrons. The standard InChI is InChI=1S/C20H19N2S/c1-3-22-13-12-15(16-8-4-5-9-17(16)22)14-20-21(2)18-10-6-7-11-19(18)23-20/h4-14H,3H2,1-2H3/q+1. The quantitative estimate of drug-likeness (QED) is 0.633. The maximum absolute atomic E-state index is 2.30. The molecule has 0 spiro atoms. The van der Waals surface area contributed by atoms with Gasteiger partial charge < -0.3 is 4.90 Å². The van der Waals surface area contributed by atoms with E-state index in [0.29, 0.717) is 0 Å². The van der Waals surface area contributed by atoms with Gasteiger partial charge in [0, 0.05) is 24.1 Å². The van der Waals surface area contributed by atoms with Crippen LogP contribution < -0.4 is 9.47 Å². The van der Waals surface area contributed by atoms with Gasteiger partial charge in [-0.05, 0) is 36.8 Å². The molecule has 23 heavy (non-hydrogen) atoms. The first-order chi connectivity index (χ1) is 11.3. The second-order valence-electron chi connectivity index (χ2n) is 5.69. The van der Waals surface area contributed by atoms with Crippen LogP contribution in [0.5, 0.6) is 0 Å². The minimum atomic E-state index is 0.984. The molecule has 3 aromatic rings. The first kappa shape index (κ1) is 14.3. The second kappa shape index (κ2) is 5.74. The van der Waals surface area contributed by atoms with Crippen molar-refractivity contribution in [1.82, 2.24) is 0 Å². The lowest BCUT2D eigenvalue weighted by Crippen LogP contribution is -2.32. The summed E-state index contributed by atoms with van der Waals surface area (Å²) < 4.78 is 2.29. The van der Waals surface area contributed by atoms with E-state index in [1.54, 1.807) is 0 Å². The van der Waals surface area contributed by atoms with Crippen LogP contribution in [0.4, 0.5) is 5.69 Å². The number of hydrogen-bond acceptors (Lipinski definition) is 2. The lowest BCUT2D eigenvalue weighted by molar-refractivity contribution is -0.667. The number of nitrogens with zero attached hydrogens (tertiary/aromatic N) is 2. The molecule has 1 aliphatic heterocycles. The molecule has 0 fully saturated rings. The van der Waals surface area contributed by atoms with E-state index in [4.69, 9.17) is 0 Å². The third kappa shape index (κ3) is 2.41. The average molecular weight is 319 g/mol. The number of hydrogen-bond donors (Lipinski definition) is 0. The third-order valence-electron chi connectivity index (χ3n) is 4.35. The minimum absolute atomic E-state index is 0.984. The van der Waals surface area contributed by atoms with Gasteiger partial charge in [0.1, 0.15) is 6.54 Å². The van der Waals surface area contributed by atoms with Crippen LogP contribution in [0.3, 0.4) is 0 Å². The van der Waals surface area contributed by atoms with Crippen molar-refractivity contribution >= 4 is 34.4 Å². The minimum Gasteiger partial charge on any atom is -0.338 e. The van der Waals surface area contributed by atoms with Gasteiger partial charge in [0.15, 0.2) is 6.20 Å². The van der Waals surface area contributed by atoms with E-state index in [9.17, 15) is 0 Å². The van der Waals surface area contributed by atoms with Crippen molar-refractivity contribution in [3.8, 4) is 0 Å². The summed E-state index contributed by atoms with van der Waals surface area (Å²) >= 11 is 1.84. The van der Waals surface area contributed by atoms with Gasteiger partial charge in [-0.2, -0.15) is 4.57 Å². The molecule has 1 aromatic heterocycles. The van der Waals surface area contributed by atoms with Crippen molar-refractivity contribution in [3.05, 3.63) is 71.4 Å². The number of aryl methyl sites for hydroxylation is 1. The van der Waals surface area contributed by atoms with Crippen molar-refractivity contribution in [2.45, 2.75) is 18.4 Å². The summed E-state index contributed by atoms with van der Waals surface area (Å²) in [6.07, 6.45) is 4.48. The zero-order chi connectivity index (χ0) is 15.8. The van der Waals surface area contributed by atoms with Gasteiger partial charge in [0.2, 0.25) is 5.52 Å². The van der Waals surface area contributed by atoms with Crippen LogP contribution in [-0.2, 0) is 6.54 Å². The summed E-state index contributed by atoms with van der Waals surface area (Å²) in [5, 5.41) is 2.57. The van der Waals surface area contributed by atoms with Crippen LogP contribution in [0.2, 0.25) is 0 Å². The first-order valence-corrected chi connectivity index (χ1v) is 8.73. The normalized spacial score (nSPS) is 15.4. The van der Waals surface area contributed by atoms with E-state index in [1.165, 1.54) is 32.1 Å². The van der Waals surface area contributed by atoms with E-state index in [1.807, 2.05) is 11.8 Å². The largest absolute Gasteiger partial charge is 0.338 e. The van der Waals surface area contributed by atoms with Crippen LogP contribution in [0.1, 0.15) is 12.5 Å². The van der Waals surface area contributed by atoms with Gasteiger partial charge in [-0.1, -0.05) is 36.0 Å². The highest BCUT2D eigenvalue weighted by molar-refractivity contribution is 8.03. The van der Waals surface area contributed by atoms with Crippen LogP contribution in [-0.4, -0.2) is 7.05 Å². The molecule has 0 radical (unpaired) electrons. The molecule has 2 nitrogen and oxygen atoms in total. The Labute approximate surface area is 141 Å². The molecule has 0 atom stereocenters. The lowest BCUT2D eigenvalue weighted by Gasteiger charge is -2.13. The van der Waals surface area contributed by atoms with Crippen molar-refractivity contribution in [3.63, 3.8) is 0 Å². The zero-order valence-electron chi connectivity index (χ0n) is 13.4. The third-order valence-corrected chi connectivity index (χ3v) is 5.52. The molecule has 0 bridgehead atoms. The fourth-order valence-corrected chi connectivity index (χ4v) is 4.19. The van der Waals surface area contributed by atoms with Crippen molar-refractivity contribution in [2.24, 2.45) is 0 Å². The van der Waals surface area contributed by atoms with Crippen LogP contribution in [0, 0.1) is 0 Å². The number of para-hydroxylation sites is 2. The van der Waals surface area contributed by atoms with Crippen LogP contribution in [0.15, 0.2) is 70.7 Å². The highest BCUT2D eigenvalue weighted by Gasteiger charge is 2.21. The SMILES string of the molecule is CC[n+]1ccc(/C=C2\Sc3ccccc3N2C)c2ccccc21. The molecular weight excluding hydrogens is 300 g/mol. The van der Waals surface area contributed by atoms with Crippen molar-refractivity contribution < 1.29 is 4.57 Å². The Morgan fingerprint density at radius 1 is 1.04 bits per heavy atom. The Bertz CT molecular complexity index is 914. The molecule has 0 amide bonds. The summed E-state index contributed by atoms with van der Waals surface area (Å²) in [6, 6.07) is 19.4. The maximum atomic E-state index is 2.30. The molecule has 1 aliphatic rings. The number of fused-ring (bicyclic) bond motifs is 2. The monoisotopic (exact) mass is 319 g/mol. The number of aromatic nitrogens is 1. The predicted molar refractivity (Wildman–Crippen MR) is 98.5 cm³/mol. The Balaban J connectivity index is 1.83. The van der Waals surface area contributed by atoms with E-state index < -0.39 is 0 Å². The van der Waals surface area contributed by atoms with Crippen LogP contribution >= 0.6 is 11.8 Å². The van der Waals surface area contributed by atoms with E-state index in [0.717, 1.165) is 6.54 Å². The average Bonchev–Trinajstić information content (AvgIpc) is 2.91. The molecule has 4 rings (SSSR count). The fraction of sp³-hybridized carbons (Fsp3) is 0.150. The number of thioether (sulfide) groups is 1. The topological polar surface area (TPSA) is 7.12 Å². The van der Waals surface area contributed by atoms with E-state index in [-0.39, 0.29) is 0 Å². The molecule has 0 saturated carbocycles. The molecule has 2 heterocycles. The van der Waals surface area contributed by atoms with E-state index in [2.05, 4.69) is 90.3 Å². The zero-order valence-corrected chi connectivity index (χ0v) is 14.2. The highest BCUT2D eigenvalue weighted by Crippen LogP contribution is 2.45. The number of benzene rings is 2. The van der Waals surface area contributed by atoms with Crippen molar-refractivity contribution in [2.75, 3.05) is 11.9 Å². The summed E-state index contributed by atoms with van der Waals surface area (Å²) in [5.41, 5.74) is 3.84. The maximum Gasteiger partial charge on any atom is 0.213 e. The molecule has 0 unspecified atom stereocenters. The molecule has 2 aromatic carbocycles.